The summed E-state index contributed by atoms with van der Waals surface area (Å²) in [5.74, 6) is 3.42. The van der Waals surface area contributed by atoms with Crippen LogP contribution in [0.3, 0.4) is 0 Å². The number of nitrogens with zero attached hydrogens (tertiary/aromatic N) is 1. The fourth-order valence-corrected chi connectivity index (χ4v) is 1.99. The monoisotopic (exact) mass is 369 g/mol. The van der Waals surface area contributed by atoms with Crippen LogP contribution in [0.1, 0.15) is 5.56 Å². The summed E-state index contributed by atoms with van der Waals surface area (Å²) in [6.45, 7) is 5.12. The largest absolute Gasteiger partial charge is 0.491 e. The first-order valence-corrected chi connectivity index (χ1v) is 6.63. The number of likely N-dealkylation sites (N-methyl/N-ethyl adjacent to an activating group) is 1. The zero-order chi connectivity index (χ0) is 15.2. The number of terminal acetylenes is 1. The average Bonchev–Trinajstić information content (AvgIpc) is 2.51. The summed E-state index contributed by atoms with van der Waals surface area (Å²) < 4.78 is 10.5. The zero-order valence-electron chi connectivity index (χ0n) is 12.9. The molecule has 0 fully saturated rings. The van der Waals surface area contributed by atoms with Gasteiger partial charge in [0, 0.05) is 46.9 Å². The van der Waals surface area contributed by atoms with Gasteiger partial charge in [0.15, 0.2) is 0 Å². The third-order valence-electron chi connectivity index (χ3n) is 3.24. The third kappa shape index (κ3) is 4.33. The number of hydrogen-bond donors (Lipinski definition) is 0. The van der Waals surface area contributed by atoms with E-state index < -0.39 is 0 Å². The molecule has 4 heteroatoms. The maximum absolute atomic E-state index is 5.55. The Kier molecular flexibility index (Phi) is 7.61. The number of ether oxygens (including phenoxy) is 2. The van der Waals surface area contributed by atoms with Gasteiger partial charge in [0.2, 0.25) is 0 Å². The maximum Gasteiger partial charge on any atom is 0.117 e. The quantitative estimate of drug-likeness (QED) is 0.453. The van der Waals surface area contributed by atoms with Crippen molar-refractivity contribution < 1.29 is 42.2 Å². The van der Waals surface area contributed by atoms with Gasteiger partial charge < -0.3 is 14.4 Å². The Bertz CT molecular complexity index is 623. The van der Waals surface area contributed by atoms with E-state index in [0.29, 0.717) is 13.2 Å². The molecule has 0 aromatic heterocycles. The van der Waals surface area contributed by atoms with Crippen molar-refractivity contribution in [3.05, 3.63) is 59.8 Å². The number of methoxy groups -OCH3 is 1. The summed E-state index contributed by atoms with van der Waals surface area (Å²) >= 11 is 0. The first kappa shape index (κ1) is 18.7. The van der Waals surface area contributed by atoms with Crippen LogP contribution in [0.25, 0.3) is 5.70 Å². The van der Waals surface area contributed by atoms with Gasteiger partial charge >= 0.3 is 0 Å². The smallest absolute Gasteiger partial charge is 0.117 e. The van der Waals surface area contributed by atoms with Crippen molar-refractivity contribution in [3.63, 3.8) is 0 Å². The van der Waals surface area contributed by atoms with E-state index in [1.54, 1.807) is 13.2 Å². The minimum Gasteiger partial charge on any atom is -0.491 e. The molecule has 0 bridgehead atoms. The molecule has 111 valence electrons. The van der Waals surface area contributed by atoms with E-state index in [1.165, 1.54) is 0 Å². The van der Waals surface area contributed by atoms with Gasteiger partial charge in [0.25, 0.3) is 0 Å². The molecular formula is C18H18NO2Y-. The molecule has 1 aliphatic heterocycles. The topological polar surface area (TPSA) is 21.7 Å². The fourth-order valence-electron chi connectivity index (χ4n) is 1.99. The summed E-state index contributed by atoms with van der Waals surface area (Å²) in [5, 5.41) is 0. The van der Waals surface area contributed by atoms with Crippen molar-refractivity contribution >= 4 is 5.70 Å². The average molecular weight is 369 g/mol. The van der Waals surface area contributed by atoms with Crippen LogP contribution in [-0.4, -0.2) is 32.3 Å². The van der Waals surface area contributed by atoms with E-state index in [1.807, 2.05) is 36.2 Å². The van der Waals surface area contributed by atoms with Crippen molar-refractivity contribution in [1.29, 1.82) is 0 Å². The van der Waals surface area contributed by atoms with E-state index in [-0.39, 0.29) is 32.7 Å². The summed E-state index contributed by atoms with van der Waals surface area (Å²) in [6.07, 6.45) is 10.4. The summed E-state index contributed by atoms with van der Waals surface area (Å²) in [7, 11) is 3.58. The molecule has 22 heavy (non-hydrogen) atoms. The van der Waals surface area contributed by atoms with Crippen LogP contribution in [0.15, 0.2) is 48.2 Å². The zero-order valence-corrected chi connectivity index (χ0v) is 15.8. The summed E-state index contributed by atoms with van der Waals surface area (Å²) in [6, 6.07) is 7.83. The molecule has 1 heterocycles. The van der Waals surface area contributed by atoms with Crippen LogP contribution < -0.4 is 4.74 Å². The van der Waals surface area contributed by atoms with Crippen LogP contribution in [0.4, 0.5) is 0 Å². The molecule has 0 atom stereocenters. The van der Waals surface area contributed by atoms with Crippen LogP contribution in [-0.2, 0) is 37.4 Å². The van der Waals surface area contributed by atoms with Crippen molar-refractivity contribution in [1.82, 2.24) is 4.90 Å². The SMILES string of the molecule is C#CC1=C[C-]=C(c2ccc(OCCOC)cc2)N(C)C1=C.[Y]. The second-order valence-corrected chi connectivity index (χ2v) is 4.57. The first-order valence-electron chi connectivity index (χ1n) is 6.63. The Morgan fingerprint density at radius 3 is 2.55 bits per heavy atom. The molecule has 1 aliphatic rings. The normalized spacial score (nSPS) is 13.7. The van der Waals surface area contributed by atoms with Gasteiger partial charge in [-0.15, -0.1) is 24.5 Å². The standard InChI is InChI=1S/C18H18NO2.Y/c1-5-15-8-11-18(19(3)14(15)2)16-6-9-17(10-7-16)21-13-12-20-4;/h1,6-10H,2,12-13H2,3-4H3;/q-1;. The minimum absolute atomic E-state index is 0. The number of rotatable bonds is 5. The molecule has 0 saturated heterocycles. The molecule has 0 saturated carbocycles. The van der Waals surface area contributed by atoms with Gasteiger partial charge in [-0.1, -0.05) is 23.4 Å². The molecule has 2 rings (SSSR count). The molecule has 3 nitrogen and oxygen atoms in total. The van der Waals surface area contributed by atoms with Gasteiger partial charge in [-0.25, -0.2) is 0 Å². The Labute approximate surface area is 157 Å². The van der Waals surface area contributed by atoms with E-state index >= 15 is 0 Å². The van der Waals surface area contributed by atoms with Gasteiger partial charge in [-0.05, 0) is 17.8 Å². The maximum atomic E-state index is 5.55. The Balaban J connectivity index is 0.00000242. The van der Waals surface area contributed by atoms with E-state index in [2.05, 4.69) is 18.6 Å². The summed E-state index contributed by atoms with van der Waals surface area (Å²) in [5.41, 5.74) is 3.51. The molecule has 1 radical (unpaired) electrons. The second-order valence-electron chi connectivity index (χ2n) is 4.57. The van der Waals surface area contributed by atoms with Crippen LogP contribution in [0.2, 0.25) is 0 Å². The van der Waals surface area contributed by atoms with Gasteiger partial charge in [0.1, 0.15) is 12.4 Å². The van der Waals surface area contributed by atoms with Crippen LogP contribution in [0.5, 0.6) is 5.75 Å². The van der Waals surface area contributed by atoms with Crippen molar-refractivity contribution in [2.24, 2.45) is 0 Å². The number of benzene rings is 1. The van der Waals surface area contributed by atoms with Gasteiger partial charge in [-0.2, -0.15) is 12.2 Å². The number of allylic oxidation sites excluding steroid dienone is 3. The van der Waals surface area contributed by atoms with Crippen LogP contribution in [0, 0.1) is 18.4 Å². The van der Waals surface area contributed by atoms with E-state index in [4.69, 9.17) is 15.9 Å². The molecule has 0 unspecified atom stereocenters. The third-order valence-corrected chi connectivity index (χ3v) is 3.24. The molecule has 1 aromatic carbocycles. The summed E-state index contributed by atoms with van der Waals surface area (Å²) in [4.78, 5) is 1.94. The van der Waals surface area contributed by atoms with E-state index in [9.17, 15) is 0 Å². The number of hydrogen-bond acceptors (Lipinski definition) is 3. The Morgan fingerprint density at radius 2 is 1.95 bits per heavy atom. The van der Waals surface area contributed by atoms with Crippen molar-refractivity contribution in [2.75, 3.05) is 27.4 Å². The molecule has 0 spiro atoms. The van der Waals surface area contributed by atoms with Gasteiger partial charge in [0.05, 0.1) is 6.61 Å². The van der Waals surface area contributed by atoms with Crippen molar-refractivity contribution in [3.8, 4) is 18.1 Å². The molecule has 0 N–H and O–H groups in total. The van der Waals surface area contributed by atoms with E-state index in [0.717, 1.165) is 28.3 Å². The minimum atomic E-state index is 0. The Morgan fingerprint density at radius 1 is 1.27 bits per heavy atom. The van der Waals surface area contributed by atoms with Gasteiger partial charge in [-0.3, -0.25) is 0 Å². The first-order chi connectivity index (χ1) is 10.2. The molecular weight excluding hydrogens is 351 g/mol. The second kappa shape index (κ2) is 8.95. The molecule has 0 amide bonds. The molecule has 0 aliphatic carbocycles. The molecule has 1 aromatic rings. The predicted octanol–water partition coefficient (Wildman–Crippen LogP) is 2.87. The van der Waals surface area contributed by atoms with Crippen molar-refractivity contribution in [2.45, 2.75) is 0 Å². The Hall–Kier alpha value is -1.34. The van der Waals surface area contributed by atoms with Crippen LogP contribution >= 0.6 is 0 Å². The fraction of sp³-hybridized carbons (Fsp3) is 0.222. The predicted molar refractivity (Wildman–Crippen MR) is 84.3 cm³/mol.